The van der Waals surface area contributed by atoms with Crippen molar-refractivity contribution in [1.29, 1.82) is 0 Å². The molecule has 7 rings (SSSR count). The molecule has 178 valence electrons. The van der Waals surface area contributed by atoms with Crippen LogP contribution in [0, 0.1) is 17.8 Å². The van der Waals surface area contributed by atoms with E-state index in [0.29, 0.717) is 11.0 Å². The number of hydrogen-bond donors (Lipinski definition) is 2. The van der Waals surface area contributed by atoms with Crippen LogP contribution in [0.4, 0.5) is 5.69 Å². The molecule has 1 aromatic heterocycles. The maximum atomic E-state index is 13.2. The van der Waals surface area contributed by atoms with Gasteiger partial charge in [0.05, 0.1) is 0 Å². The highest BCUT2D eigenvalue weighted by Gasteiger charge is 2.51. The molecule has 4 saturated carbocycles. The molecule has 4 fully saturated rings. The van der Waals surface area contributed by atoms with Gasteiger partial charge < -0.3 is 10.6 Å². The summed E-state index contributed by atoms with van der Waals surface area (Å²) in [5.74, 6) is 2.07. The summed E-state index contributed by atoms with van der Waals surface area (Å²) in [6.07, 6.45) is 9.99. The predicted molar refractivity (Wildman–Crippen MR) is 141 cm³/mol. The Balaban J connectivity index is 1.19. The van der Waals surface area contributed by atoms with Crippen LogP contribution in [0.15, 0.2) is 77.8 Å². The zero-order chi connectivity index (χ0) is 23.8. The van der Waals surface area contributed by atoms with Crippen LogP contribution in [0.2, 0.25) is 0 Å². The first-order valence-electron chi connectivity index (χ1n) is 12.6. The Labute approximate surface area is 210 Å². The van der Waals surface area contributed by atoms with Gasteiger partial charge in [0.15, 0.2) is 0 Å². The molecule has 4 aliphatic rings. The zero-order valence-corrected chi connectivity index (χ0v) is 20.5. The fourth-order valence-corrected chi connectivity index (χ4v) is 7.69. The maximum Gasteiger partial charge on any atom is 0.272 e. The van der Waals surface area contributed by atoms with E-state index >= 15 is 0 Å². The average molecular weight is 483 g/mol. The smallest absolute Gasteiger partial charge is 0.272 e. The number of carbonyl (C=O) groups excluding carboxylic acids is 2. The van der Waals surface area contributed by atoms with E-state index in [1.165, 1.54) is 55.4 Å². The van der Waals surface area contributed by atoms with Crippen LogP contribution in [0.5, 0.6) is 0 Å². The summed E-state index contributed by atoms with van der Waals surface area (Å²) in [5, 5.41) is 7.75. The molecule has 0 radical (unpaired) electrons. The number of thiophene rings is 1. The Hall–Kier alpha value is -3.18. The highest BCUT2D eigenvalue weighted by molar-refractivity contribution is 7.10. The highest BCUT2D eigenvalue weighted by Crippen LogP contribution is 2.60. The van der Waals surface area contributed by atoms with Crippen molar-refractivity contribution in [2.75, 3.05) is 5.32 Å². The second-order valence-corrected chi connectivity index (χ2v) is 11.6. The third-order valence-electron chi connectivity index (χ3n) is 8.15. The van der Waals surface area contributed by atoms with Crippen molar-refractivity contribution in [2.24, 2.45) is 17.8 Å². The number of rotatable bonds is 6. The van der Waals surface area contributed by atoms with E-state index in [1.807, 2.05) is 47.8 Å². The van der Waals surface area contributed by atoms with Gasteiger partial charge in [0.2, 0.25) is 0 Å². The summed E-state index contributed by atoms with van der Waals surface area (Å²) in [5.41, 5.74) is 3.25. The number of benzene rings is 2. The van der Waals surface area contributed by atoms with Gasteiger partial charge in [-0.25, -0.2) is 0 Å². The second-order valence-electron chi connectivity index (χ2n) is 10.6. The van der Waals surface area contributed by atoms with Crippen LogP contribution in [-0.2, 0) is 10.2 Å². The summed E-state index contributed by atoms with van der Waals surface area (Å²) in [6.45, 7) is 0. The molecule has 2 N–H and O–H groups in total. The molecule has 2 aromatic carbocycles. The van der Waals surface area contributed by atoms with E-state index in [2.05, 4.69) is 22.8 Å². The zero-order valence-electron chi connectivity index (χ0n) is 19.7. The van der Waals surface area contributed by atoms with Crippen molar-refractivity contribution in [3.05, 3.63) is 93.8 Å². The molecule has 35 heavy (non-hydrogen) atoms. The molecule has 4 aliphatic carbocycles. The summed E-state index contributed by atoms with van der Waals surface area (Å²) in [7, 11) is 0. The van der Waals surface area contributed by atoms with E-state index < -0.39 is 0 Å². The molecule has 0 aliphatic heterocycles. The molecular weight excluding hydrogens is 452 g/mol. The Morgan fingerprint density at radius 3 is 2.09 bits per heavy atom. The molecule has 4 nitrogen and oxygen atoms in total. The number of carbonyl (C=O) groups is 2. The largest absolute Gasteiger partial charge is 0.321 e. The van der Waals surface area contributed by atoms with Gasteiger partial charge in [-0.05, 0) is 109 Å². The van der Waals surface area contributed by atoms with Gasteiger partial charge in [-0.15, -0.1) is 11.3 Å². The van der Waals surface area contributed by atoms with Crippen LogP contribution in [0.25, 0.3) is 6.08 Å². The van der Waals surface area contributed by atoms with Gasteiger partial charge in [-0.1, -0.05) is 36.4 Å². The minimum atomic E-state index is -0.328. The minimum Gasteiger partial charge on any atom is -0.321 e. The molecule has 1 heterocycles. The molecule has 0 spiro atoms. The topological polar surface area (TPSA) is 58.2 Å². The molecule has 0 unspecified atom stereocenters. The van der Waals surface area contributed by atoms with Crippen molar-refractivity contribution < 1.29 is 9.59 Å². The number of amides is 2. The monoisotopic (exact) mass is 482 g/mol. The van der Waals surface area contributed by atoms with Crippen LogP contribution in [-0.4, -0.2) is 11.8 Å². The van der Waals surface area contributed by atoms with Crippen molar-refractivity contribution in [2.45, 2.75) is 43.9 Å². The van der Waals surface area contributed by atoms with Gasteiger partial charge in [0.1, 0.15) is 5.70 Å². The van der Waals surface area contributed by atoms with E-state index in [1.54, 1.807) is 18.2 Å². The lowest BCUT2D eigenvalue weighted by Gasteiger charge is -2.57. The van der Waals surface area contributed by atoms with Gasteiger partial charge in [0.25, 0.3) is 11.8 Å². The van der Waals surface area contributed by atoms with Crippen LogP contribution >= 0.6 is 11.3 Å². The molecule has 4 bridgehead atoms. The Bertz CT molecular complexity index is 1210. The third kappa shape index (κ3) is 4.57. The maximum absolute atomic E-state index is 13.2. The standard InChI is InChI=1S/C30H30N2O2S/c33-28(23-5-2-1-3-6-23)32-27(16-26-7-4-12-35-26)29(34)31-25-10-8-24(9-11-25)30-17-20-13-21(18-30)15-22(14-20)19-30/h1-12,16,20-22H,13-15,17-19H2,(H,31,34)(H,32,33)/b27-16-. The Kier molecular flexibility index (Phi) is 5.81. The fraction of sp³-hybridized carbons (Fsp3) is 0.333. The SMILES string of the molecule is O=C(Nc1ccc(C23CC4CC(CC(C4)C2)C3)cc1)/C(=C/c1cccs1)NC(=O)c1ccccc1. The summed E-state index contributed by atoms with van der Waals surface area (Å²) in [4.78, 5) is 26.9. The average Bonchev–Trinajstić information content (AvgIpc) is 3.37. The lowest BCUT2D eigenvalue weighted by atomic mass is 9.48. The van der Waals surface area contributed by atoms with Gasteiger partial charge >= 0.3 is 0 Å². The molecule has 2 amide bonds. The molecule has 0 saturated heterocycles. The van der Waals surface area contributed by atoms with Crippen molar-refractivity contribution in [1.82, 2.24) is 5.32 Å². The van der Waals surface area contributed by atoms with Gasteiger partial charge in [0, 0.05) is 16.1 Å². The summed E-state index contributed by atoms with van der Waals surface area (Å²) in [6, 6.07) is 21.3. The minimum absolute atomic E-state index is 0.228. The van der Waals surface area contributed by atoms with Crippen LogP contribution < -0.4 is 10.6 Å². The fourth-order valence-electron chi connectivity index (χ4n) is 7.03. The highest BCUT2D eigenvalue weighted by atomic mass is 32.1. The molecule has 5 heteroatoms. The van der Waals surface area contributed by atoms with E-state index in [0.717, 1.165) is 28.3 Å². The number of anilines is 1. The quantitative estimate of drug-likeness (QED) is 0.388. The third-order valence-corrected chi connectivity index (χ3v) is 8.97. The first-order chi connectivity index (χ1) is 17.1. The molecule has 0 atom stereocenters. The van der Waals surface area contributed by atoms with E-state index in [9.17, 15) is 9.59 Å². The van der Waals surface area contributed by atoms with Crippen LogP contribution in [0.1, 0.15) is 59.3 Å². The lowest BCUT2D eigenvalue weighted by molar-refractivity contribution is -0.113. The first-order valence-corrected chi connectivity index (χ1v) is 13.5. The summed E-state index contributed by atoms with van der Waals surface area (Å²) < 4.78 is 0. The normalized spacial score (nSPS) is 27.0. The Morgan fingerprint density at radius 1 is 0.829 bits per heavy atom. The van der Waals surface area contributed by atoms with Gasteiger partial charge in [-0.3, -0.25) is 9.59 Å². The molecule has 3 aromatic rings. The number of hydrogen-bond acceptors (Lipinski definition) is 3. The van der Waals surface area contributed by atoms with Gasteiger partial charge in [-0.2, -0.15) is 0 Å². The van der Waals surface area contributed by atoms with Crippen molar-refractivity contribution in [3.63, 3.8) is 0 Å². The van der Waals surface area contributed by atoms with Crippen molar-refractivity contribution in [3.8, 4) is 0 Å². The van der Waals surface area contributed by atoms with Crippen LogP contribution in [0.3, 0.4) is 0 Å². The van der Waals surface area contributed by atoms with E-state index in [-0.39, 0.29) is 17.5 Å². The van der Waals surface area contributed by atoms with Crippen molar-refractivity contribution >= 4 is 34.9 Å². The summed E-state index contributed by atoms with van der Waals surface area (Å²) >= 11 is 1.52. The molecular formula is C30H30N2O2S. The lowest BCUT2D eigenvalue weighted by Crippen LogP contribution is -2.48. The predicted octanol–water partition coefficient (Wildman–Crippen LogP) is 6.63. The van der Waals surface area contributed by atoms with E-state index in [4.69, 9.17) is 0 Å². The second kappa shape index (κ2) is 9.12. The Morgan fingerprint density at radius 2 is 1.49 bits per heavy atom. The number of nitrogens with one attached hydrogen (secondary N) is 2. The first kappa shape index (κ1) is 22.3.